The number of aromatic nitrogens is 2. The van der Waals surface area contributed by atoms with E-state index < -0.39 is 11.2 Å². The van der Waals surface area contributed by atoms with Crippen LogP contribution in [0.3, 0.4) is 0 Å². The predicted molar refractivity (Wildman–Crippen MR) is 109 cm³/mol. The average Bonchev–Trinajstić information content (AvgIpc) is 3.16. The predicted octanol–water partition coefficient (Wildman–Crippen LogP) is 2.63. The first-order chi connectivity index (χ1) is 13.6. The fourth-order valence-electron chi connectivity index (χ4n) is 3.68. The summed E-state index contributed by atoms with van der Waals surface area (Å²) in [6.07, 6.45) is 2.03. The average molecular weight is 378 g/mol. The van der Waals surface area contributed by atoms with E-state index in [1.807, 2.05) is 31.2 Å². The molecule has 3 aromatic rings. The van der Waals surface area contributed by atoms with Gasteiger partial charge in [0.2, 0.25) is 5.88 Å². The Balaban J connectivity index is 1.69. The molecule has 0 spiro atoms. The number of nitrogens with one attached hydrogen (secondary N) is 2. The number of aromatic amines is 1. The van der Waals surface area contributed by atoms with Crippen LogP contribution in [-0.2, 0) is 6.54 Å². The molecule has 1 atom stereocenters. The Labute approximate surface area is 161 Å². The van der Waals surface area contributed by atoms with Gasteiger partial charge in [0, 0.05) is 13.0 Å². The molecule has 0 saturated heterocycles. The SMILES string of the molecule is CCCCn1c(O)c(C2=NNC(c3cccc4ccccc34)C2)c(=O)[nH]c1=O. The third-order valence-corrected chi connectivity index (χ3v) is 5.15. The maximum absolute atomic E-state index is 12.4. The number of hydrazone groups is 1. The van der Waals surface area contributed by atoms with Crippen molar-refractivity contribution in [2.75, 3.05) is 0 Å². The standard InChI is InChI=1S/C21H22N4O3/c1-2-3-11-25-20(27)18(19(26)22-21(25)28)17-12-16(23-24-17)15-10-6-8-13-7-4-5-9-14(13)15/h4-10,16,23,27H,2-3,11-12H2,1H3,(H,22,26,28). The lowest BCUT2D eigenvalue weighted by atomic mass is 9.95. The minimum Gasteiger partial charge on any atom is -0.494 e. The van der Waals surface area contributed by atoms with Crippen molar-refractivity contribution in [2.24, 2.45) is 5.10 Å². The van der Waals surface area contributed by atoms with Crippen molar-refractivity contribution in [3.05, 3.63) is 74.4 Å². The summed E-state index contributed by atoms with van der Waals surface area (Å²) in [6, 6.07) is 14.0. The Kier molecular flexibility index (Phi) is 4.73. The van der Waals surface area contributed by atoms with E-state index in [-0.39, 0.29) is 17.5 Å². The van der Waals surface area contributed by atoms with Crippen molar-refractivity contribution >= 4 is 16.5 Å². The van der Waals surface area contributed by atoms with Gasteiger partial charge in [-0.3, -0.25) is 14.3 Å². The molecule has 2 aromatic carbocycles. The molecule has 0 bridgehead atoms. The molecule has 0 amide bonds. The molecule has 28 heavy (non-hydrogen) atoms. The lowest BCUT2D eigenvalue weighted by molar-refractivity contribution is 0.394. The largest absolute Gasteiger partial charge is 0.494 e. The van der Waals surface area contributed by atoms with Crippen LogP contribution < -0.4 is 16.7 Å². The summed E-state index contributed by atoms with van der Waals surface area (Å²) in [5.74, 6) is -0.318. The number of nitrogens with zero attached hydrogens (tertiary/aromatic N) is 2. The van der Waals surface area contributed by atoms with E-state index in [9.17, 15) is 14.7 Å². The second-order valence-electron chi connectivity index (χ2n) is 6.98. The lowest BCUT2D eigenvalue weighted by Crippen LogP contribution is -2.33. The van der Waals surface area contributed by atoms with Gasteiger partial charge in [-0.1, -0.05) is 55.8 Å². The molecule has 2 heterocycles. The van der Waals surface area contributed by atoms with Gasteiger partial charge < -0.3 is 10.5 Å². The van der Waals surface area contributed by atoms with Crippen LogP contribution in [0.5, 0.6) is 5.88 Å². The molecule has 0 aliphatic carbocycles. The Morgan fingerprint density at radius 2 is 1.96 bits per heavy atom. The van der Waals surface area contributed by atoms with Crippen LogP contribution in [0.4, 0.5) is 0 Å². The Bertz CT molecular complexity index is 1170. The van der Waals surface area contributed by atoms with Gasteiger partial charge in [-0.25, -0.2) is 4.79 Å². The zero-order valence-electron chi connectivity index (χ0n) is 15.6. The second kappa shape index (κ2) is 7.34. The molecule has 4 rings (SSSR count). The number of H-pyrrole nitrogens is 1. The second-order valence-corrected chi connectivity index (χ2v) is 6.98. The minimum atomic E-state index is -0.616. The molecule has 1 unspecified atom stereocenters. The van der Waals surface area contributed by atoms with Gasteiger partial charge in [0.25, 0.3) is 5.56 Å². The molecule has 0 saturated carbocycles. The molecular formula is C21H22N4O3. The van der Waals surface area contributed by atoms with Crippen molar-refractivity contribution < 1.29 is 5.11 Å². The van der Waals surface area contributed by atoms with Gasteiger partial charge in [-0.05, 0) is 22.8 Å². The van der Waals surface area contributed by atoms with E-state index in [1.165, 1.54) is 4.57 Å². The third kappa shape index (κ3) is 3.09. The summed E-state index contributed by atoms with van der Waals surface area (Å²) in [6.45, 7) is 2.34. The number of hydrogen-bond acceptors (Lipinski definition) is 5. The summed E-state index contributed by atoms with van der Waals surface area (Å²) in [5, 5.41) is 17.2. The molecule has 1 aliphatic rings. The molecule has 144 valence electrons. The van der Waals surface area contributed by atoms with E-state index >= 15 is 0 Å². The maximum Gasteiger partial charge on any atom is 0.331 e. The molecular weight excluding hydrogens is 356 g/mol. The highest BCUT2D eigenvalue weighted by Gasteiger charge is 2.27. The Morgan fingerprint density at radius 1 is 1.18 bits per heavy atom. The molecule has 7 nitrogen and oxygen atoms in total. The number of rotatable bonds is 5. The van der Waals surface area contributed by atoms with Crippen molar-refractivity contribution in [3.63, 3.8) is 0 Å². The first kappa shape index (κ1) is 18.0. The van der Waals surface area contributed by atoms with E-state index in [2.05, 4.69) is 33.7 Å². The number of benzene rings is 2. The molecule has 1 aromatic heterocycles. The normalized spacial score (nSPS) is 16.2. The number of hydrogen-bond donors (Lipinski definition) is 3. The van der Waals surface area contributed by atoms with Gasteiger partial charge >= 0.3 is 5.69 Å². The quantitative estimate of drug-likeness (QED) is 0.635. The van der Waals surface area contributed by atoms with E-state index in [4.69, 9.17) is 0 Å². The molecule has 7 heteroatoms. The van der Waals surface area contributed by atoms with Crippen molar-refractivity contribution in [3.8, 4) is 5.88 Å². The van der Waals surface area contributed by atoms with Crippen molar-refractivity contribution in [1.29, 1.82) is 0 Å². The fraction of sp³-hybridized carbons (Fsp3) is 0.286. The highest BCUT2D eigenvalue weighted by molar-refractivity contribution is 6.03. The Hall–Kier alpha value is -3.35. The van der Waals surface area contributed by atoms with Crippen LogP contribution in [0, 0.1) is 0 Å². The lowest BCUT2D eigenvalue weighted by Gasteiger charge is -2.14. The topological polar surface area (TPSA) is 99.5 Å². The third-order valence-electron chi connectivity index (χ3n) is 5.15. The smallest absolute Gasteiger partial charge is 0.331 e. The highest BCUT2D eigenvalue weighted by Crippen LogP contribution is 2.30. The summed E-state index contributed by atoms with van der Waals surface area (Å²) in [7, 11) is 0. The maximum atomic E-state index is 12.4. The van der Waals surface area contributed by atoms with Crippen molar-refractivity contribution in [2.45, 2.75) is 38.8 Å². The monoisotopic (exact) mass is 378 g/mol. The summed E-state index contributed by atoms with van der Waals surface area (Å²) < 4.78 is 1.20. The molecule has 0 radical (unpaired) electrons. The summed E-state index contributed by atoms with van der Waals surface area (Å²) >= 11 is 0. The number of aromatic hydroxyl groups is 1. The van der Waals surface area contributed by atoms with Crippen LogP contribution in [0.25, 0.3) is 10.8 Å². The fourth-order valence-corrected chi connectivity index (χ4v) is 3.68. The molecule has 0 fully saturated rings. The van der Waals surface area contributed by atoms with Crippen LogP contribution in [0.2, 0.25) is 0 Å². The Morgan fingerprint density at radius 3 is 2.79 bits per heavy atom. The van der Waals surface area contributed by atoms with Crippen LogP contribution in [0.1, 0.15) is 43.4 Å². The summed E-state index contributed by atoms with van der Waals surface area (Å²) in [5.41, 5.74) is 3.45. The number of fused-ring (bicyclic) bond motifs is 1. The van der Waals surface area contributed by atoms with Crippen molar-refractivity contribution in [1.82, 2.24) is 15.0 Å². The van der Waals surface area contributed by atoms with Gasteiger partial charge in [-0.15, -0.1) is 0 Å². The van der Waals surface area contributed by atoms with Gasteiger partial charge in [-0.2, -0.15) is 5.10 Å². The van der Waals surface area contributed by atoms with Gasteiger partial charge in [0.15, 0.2) is 0 Å². The summed E-state index contributed by atoms with van der Waals surface area (Å²) in [4.78, 5) is 26.8. The van der Waals surface area contributed by atoms with Gasteiger partial charge in [0.05, 0.1) is 11.8 Å². The minimum absolute atomic E-state index is 0.0611. The van der Waals surface area contributed by atoms with E-state index in [0.717, 1.165) is 29.2 Å². The van der Waals surface area contributed by atoms with Gasteiger partial charge in [0.1, 0.15) is 5.56 Å². The highest BCUT2D eigenvalue weighted by atomic mass is 16.3. The van der Waals surface area contributed by atoms with Crippen LogP contribution >= 0.6 is 0 Å². The first-order valence-corrected chi connectivity index (χ1v) is 9.46. The van der Waals surface area contributed by atoms with E-state index in [1.54, 1.807) is 0 Å². The molecule has 3 N–H and O–H groups in total. The number of unbranched alkanes of at least 4 members (excludes halogenated alkanes) is 1. The zero-order chi connectivity index (χ0) is 19.7. The molecule has 1 aliphatic heterocycles. The first-order valence-electron chi connectivity index (χ1n) is 9.46. The van der Waals surface area contributed by atoms with Crippen LogP contribution in [0.15, 0.2) is 57.2 Å². The van der Waals surface area contributed by atoms with E-state index in [0.29, 0.717) is 18.7 Å². The zero-order valence-corrected chi connectivity index (χ0v) is 15.6. The van der Waals surface area contributed by atoms with Crippen LogP contribution in [-0.4, -0.2) is 20.4 Å².